The minimum absolute atomic E-state index is 0.103. The number of hydrogen-bond acceptors (Lipinski definition) is 7. The van der Waals surface area contributed by atoms with Gasteiger partial charge in [0.15, 0.2) is 0 Å². The fourth-order valence-electron chi connectivity index (χ4n) is 3.29. The first-order chi connectivity index (χ1) is 16.0. The number of nitrogen functional groups attached to an aromatic ring is 1. The first kappa shape index (κ1) is 23.5. The Morgan fingerprint density at radius 1 is 1.09 bits per heavy atom. The van der Waals surface area contributed by atoms with Crippen molar-refractivity contribution >= 4 is 29.2 Å². The van der Waals surface area contributed by atoms with Gasteiger partial charge in [0.1, 0.15) is 5.84 Å². The van der Waals surface area contributed by atoms with Crippen molar-refractivity contribution in [2.75, 3.05) is 18.8 Å². The zero-order valence-corrected chi connectivity index (χ0v) is 18.5. The molecule has 168 valence electrons. The van der Waals surface area contributed by atoms with Crippen LogP contribution in [0, 0.1) is 10.8 Å². The molecule has 0 saturated heterocycles. The Hall–Kier alpha value is -4.17. The van der Waals surface area contributed by atoms with E-state index >= 15 is 0 Å². The number of nitrogens with two attached hydrogens (primary N) is 2. The average molecular weight is 441 g/mol. The monoisotopic (exact) mass is 440 g/mol. The molecule has 0 aliphatic rings. The van der Waals surface area contributed by atoms with Crippen LogP contribution in [0.1, 0.15) is 23.6 Å². The van der Waals surface area contributed by atoms with Gasteiger partial charge >= 0.3 is 0 Å². The largest absolute Gasteiger partial charge is 0.398 e. The van der Waals surface area contributed by atoms with Gasteiger partial charge in [0.2, 0.25) is 0 Å². The third-order valence-electron chi connectivity index (χ3n) is 4.95. The van der Waals surface area contributed by atoms with Crippen molar-refractivity contribution in [3.8, 4) is 11.1 Å². The highest BCUT2D eigenvalue weighted by Gasteiger charge is 2.14. The lowest BCUT2D eigenvalue weighted by molar-refractivity contribution is 0.960. The molecule has 3 rings (SSSR count). The average Bonchev–Trinajstić information content (AvgIpc) is 2.84. The Labute approximate surface area is 193 Å². The predicted molar refractivity (Wildman–Crippen MR) is 137 cm³/mol. The van der Waals surface area contributed by atoms with Crippen molar-refractivity contribution in [3.63, 3.8) is 0 Å². The predicted octanol–water partition coefficient (Wildman–Crippen LogP) is 3.26. The number of aromatic nitrogens is 1. The van der Waals surface area contributed by atoms with E-state index in [0.29, 0.717) is 36.6 Å². The maximum atomic E-state index is 8.58. The van der Waals surface area contributed by atoms with E-state index in [-0.39, 0.29) is 11.4 Å². The second-order valence-electron chi connectivity index (χ2n) is 7.35. The second kappa shape index (κ2) is 11.4. The van der Waals surface area contributed by atoms with Crippen molar-refractivity contribution in [1.82, 2.24) is 10.4 Å². The third-order valence-corrected chi connectivity index (χ3v) is 4.95. The zero-order chi connectivity index (χ0) is 23.6. The summed E-state index contributed by atoms with van der Waals surface area (Å²) in [7, 11) is 0. The summed E-state index contributed by atoms with van der Waals surface area (Å²) in [4.78, 5) is 12.7. The van der Waals surface area contributed by atoms with Gasteiger partial charge in [-0.2, -0.15) is 0 Å². The van der Waals surface area contributed by atoms with Gasteiger partial charge < -0.3 is 16.6 Å². The van der Waals surface area contributed by atoms with E-state index in [1.807, 2.05) is 55.5 Å². The van der Waals surface area contributed by atoms with E-state index in [0.717, 1.165) is 22.3 Å². The maximum absolute atomic E-state index is 8.58. The number of hydrazine groups is 1. The van der Waals surface area contributed by atoms with Crippen LogP contribution in [0.2, 0.25) is 0 Å². The molecule has 0 unspecified atom stereocenters. The summed E-state index contributed by atoms with van der Waals surface area (Å²) in [5.41, 5.74) is 13.6. The molecular formula is C25H28N8. The number of anilines is 1. The lowest BCUT2D eigenvalue weighted by Gasteiger charge is -2.12. The van der Waals surface area contributed by atoms with Gasteiger partial charge in [-0.25, -0.2) is 5.84 Å². The molecule has 0 saturated carbocycles. The van der Waals surface area contributed by atoms with Gasteiger partial charge in [-0.1, -0.05) is 30.3 Å². The Morgan fingerprint density at radius 2 is 1.94 bits per heavy atom. The highest BCUT2D eigenvalue weighted by atomic mass is 15.3. The summed E-state index contributed by atoms with van der Waals surface area (Å²) in [5.74, 6) is 6.05. The summed E-state index contributed by atoms with van der Waals surface area (Å²) >= 11 is 0. The van der Waals surface area contributed by atoms with Gasteiger partial charge in [0.25, 0.3) is 0 Å². The highest BCUT2D eigenvalue weighted by Crippen LogP contribution is 2.24. The minimum Gasteiger partial charge on any atom is -0.398 e. The van der Waals surface area contributed by atoms with E-state index in [4.69, 9.17) is 22.4 Å². The molecule has 2 aromatic carbocycles. The first-order valence-corrected chi connectivity index (χ1v) is 10.6. The molecule has 1 heterocycles. The maximum Gasteiger partial charge on any atom is 0.132 e. The van der Waals surface area contributed by atoms with E-state index in [1.165, 1.54) is 0 Å². The van der Waals surface area contributed by atoms with Crippen molar-refractivity contribution in [2.24, 2.45) is 15.8 Å². The fourth-order valence-corrected chi connectivity index (χ4v) is 3.29. The van der Waals surface area contributed by atoms with Crippen LogP contribution in [0.5, 0.6) is 0 Å². The van der Waals surface area contributed by atoms with Crippen LogP contribution < -0.4 is 17.0 Å². The number of nitrogens with one attached hydrogen (secondary N) is 3. The van der Waals surface area contributed by atoms with Crippen molar-refractivity contribution in [3.05, 3.63) is 83.7 Å². The molecule has 0 atom stereocenters. The molecule has 0 spiro atoms. The summed E-state index contributed by atoms with van der Waals surface area (Å²) < 4.78 is 0. The van der Waals surface area contributed by atoms with Crippen LogP contribution in [0.3, 0.4) is 0 Å². The molecule has 0 radical (unpaired) electrons. The van der Waals surface area contributed by atoms with Gasteiger partial charge in [-0.15, -0.1) is 0 Å². The Balaban J connectivity index is 1.72. The van der Waals surface area contributed by atoms with Crippen LogP contribution in [0.4, 0.5) is 5.69 Å². The zero-order valence-electron chi connectivity index (χ0n) is 18.5. The number of nitrogens with zero attached hydrogens (tertiary/aromatic N) is 3. The molecule has 7 N–H and O–H groups in total. The van der Waals surface area contributed by atoms with Crippen LogP contribution in [0.15, 0.2) is 77.0 Å². The number of amidine groups is 1. The molecule has 3 aromatic rings. The number of benzene rings is 2. The highest BCUT2D eigenvalue weighted by molar-refractivity contribution is 6.47. The molecule has 8 heteroatoms. The van der Waals surface area contributed by atoms with Crippen molar-refractivity contribution < 1.29 is 0 Å². The smallest absolute Gasteiger partial charge is 0.132 e. The molecule has 8 nitrogen and oxygen atoms in total. The third kappa shape index (κ3) is 6.41. The number of rotatable bonds is 9. The van der Waals surface area contributed by atoms with Crippen LogP contribution in [-0.4, -0.2) is 41.5 Å². The summed E-state index contributed by atoms with van der Waals surface area (Å²) in [6.07, 6.45) is 5.53. The quantitative estimate of drug-likeness (QED) is 0.114. The van der Waals surface area contributed by atoms with Gasteiger partial charge in [-0.05, 0) is 47.9 Å². The van der Waals surface area contributed by atoms with Crippen LogP contribution in [0.25, 0.3) is 11.1 Å². The molecule has 0 fully saturated rings. The number of pyridine rings is 1. The normalized spacial score (nSPS) is 11.5. The van der Waals surface area contributed by atoms with Crippen molar-refractivity contribution in [1.29, 1.82) is 10.8 Å². The van der Waals surface area contributed by atoms with E-state index in [9.17, 15) is 0 Å². The Morgan fingerprint density at radius 3 is 2.67 bits per heavy atom. The lowest BCUT2D eigenvalue weighted by Crippen LogP contribution is -2.32. The molecule has 0 aliphatic carbocycles. The second-order valence-corrected chi connectivity index (χ2v) is 7.35. The molecule has 0 aliphatic heterocycles. The summed E-state index contributed by atoms with van der Waals surface area (Å²) in [5, 5.41) is 17.1. The number of hydrogen-bond donors (Lipinski definition) is 5. The summed E-state index contributed by atoms with van der Waals surface area (Å²) in [6, 6.07) is 17.0. The van der Waals surface area contributed by atoms with Gasteiger partial charge in [-0.3, -0.25) is 20.4 Å². The van der Waals surface area contributed by atoms with Crippen LogP contribution in [-0.2, 0) is 6.42 Å². The van der Waals surface area contributed by atoms with Gasteiger partial charge in [0.05, 0.1) is 18.0 Å². The first-order valence-electron chi connectivity index (χ1n) is 10.6. The molecule has 0 amide bonds. The van der Waals surface area contributed by atoms with E-state index in [2.05, 4.69) is 20.4 Å². The molecule has 1 aromatic heterocycles. The van der Waals surface area contributed by atoms with Crippen molar-refractivity contribution in [2.45, 2.75) is 13.3 Å². The van der Waals surface area contributed by atoms with E-state index < -0.39 is 0 Å². The van der Waals surface area contributed by atoms with Gasteiger partial charge in [0, 0.05) is 48.4 Å². The molecule has 0 bridgehead atoms. The lowest BCUT2D eigenvalue weighted by atomic mass is 9.95. The Bertz CT molecular complexity index is 1180. The van der Waals surface area contributed by atoms with E-state index in [1.54, 1.807) is 24.7 Å². The molecular weight excluding hydrogens is 412 g/mol. The summed E-state index contributed by atoms with van der Waals surface area (Å²) in [6.45, 7) is 2.93. The SMILES string of the molecule is CCN=C(CN=Cc1cccc(CC(=N)C(=N)c2cc(-c3cccnc3)ccc2N)c1)NN. The standard InChI is InChI=1S/C25H28N8/c1-2-32-24(33-29)16-31-14-18-6-3-5-17(11-18)12-23(27)25(28)21-13-19(8-9-22(21)26)20-7-4-10-30-15-20/h3-11,13-15,27-28H,2,12,16,26,29H2,1H3,(H,32,33). The minimum atomic E-state index is 0.103. The Kier molecular flexibility index (Phi) is 8.15. The molecule has 33 heavy (non-hydrogen) atoms. The number of aliphatic imine (C=N–C) groups is 2. The van der Waals surface area contributed by atoms with Crippen LogP contribution >= 0.6 is 0 Å². The fraction of sp³-hybridized carbons (Fsp3) is 0.160. The topological polar surface area (TPSA) is 149 Å².